The number of methoxy groups -OCH3 is 1. The molecule has 4 aliphatic heterocycles. The number of aryl methyl sites for hydroxylation is 1. The summed E-state index contributed by atoms with van der Waals surface area (Å²) in [5, 5.41) is 0. The molecular formula is C36H42N4O5. The van der Waals surface area contributed by atoms with E-state index in [2.05, 4.69) is 29.1 Å². The molecular weight excluding hydrogens is 568 g/mol. The maximum absolute atomic E-state index is 13.3. The number of allylic oxidation sites excluding steroid dienone is 2. The molecule has 0 spiro atoms. The van der Waals surface area contributed by atoms with Crippen LogP contribution in [0.3, 0.4) is 0 Å². The van der Waals surface area contributed by atoms with Crippen LogP contribution >= 0.6 is 0 Å². The van der Waals surface area contributed by atoms with Gasteiger partial charge in [-0.25, -0.2) is 0 Å². The summed E-state index contributed by atoms with van der Waals surface area (Å²) in [6.45, 7) is 10.5. The van der Waals surface area contributed by atoms with E-state index in [1.165, 1.54) is 11.1 Å². The van der Waals surface area contributed by atoms with Crippen LogP contribution in [-0.4, -0.2) is 79.5 Å². The topological polar surface area (TPSA) is 93.0 Å². The molecule has 2 aromatic rings. The number of carbonyl (C=O) groups excluding carboxylic acids is 2. The van der Waals surface area contributed by atoms with Crippen molar-refractivity contribution < 1.29 is 23.8 Å². The van der Waals surface area contributed by atoms with Crippen LogP contribution in [-0.2, 0) is 0 Å². The van der Waals surface area contributed by atoms with Gasteiger partial charge in [-0.15, -0.1) is 0 Å². The number of aliphatic imine (C=N–C) groups is 2. The highest BCUT2D eigenvalue weighted by Crippen LogP contribution is 2.39. The van der Waals surface area contributed by atoms with E-state index in [4.69, 9.17) is 14.2 Å². The molecule has 0 aromatic heterocycles. The zero-order valence-electron chi connectivity index (χ0n) is 26.8. The number of hydrogen-bond acceptors (Lipinski definition) is 7. The number of hydrogen-bond donors (Lipinski definition) is 0. The second-order valence-electron chi connectivity index (χ2n) is 12.4. The molecule has 9 heteroatoms. The molecule has 236 valence electrons. The molecule has 0 bridgehead atoms. The van der Waals surface area contributed by atoms with Crippen LogP contribution in [0.4, 0.5) is 11.4 Å². The Morgan fingerprint density at radius 1 is 0.800 bits per heavy atom. The molecule has 0 radical (unpaired) electrons. The van der Waals surface area contributed by atoms with Crippen molar-refractivity contribution in [1.29, 1.82) is 0 Å². The Morgan fingerprint density at radius 3 is 1.84 bits per heavy atom. The number of benzene rings is 2. The van der Waals surface area contributed by atoms with Crippen LogP contribution in [0.2, 0.25) is 0 Å². The molecule has 4 heterocycles. The van der Waals surface area contributed by atoms with E-state index < -0.39 is 0 Å². The van der Waals surface area contributed by atoms with E-state index >= 15 is 0 Å². The summed E-state index contributed by atoms with van der Waals surface area (Å²) in [4.78, 5) is 39.7. The lowest BCUT2D eigenvalue weighted by Gasteiger charge is -2.20. The minimum Gasteiger partial charge on any atom is -0.493 e. The Balaban J connectivity index is 1.03. The molecule has 0 saturated carbocycles. The van der Waals surface area contributed by atoms with Gasteiger partial charge in [0.2, 0.25) is 0 Å². The molecule has 2 saturated heterocycles. The van der Waals surface area contributed by atoms with Crippen molar-refractivity contribution >= 4 is 35.6 Å². The average molecular weight is 611 g/mol. The average Bonchev–Trinajstić information content (AvgIpc) is 3.61. The Bertz CT molecular complexity index is 1620. The van der Waals surface area contributed by atoms with Crippen molar-refractivity contribution in [3.63, 3.8) is 0 Å². The lowest BCUT2D eigenvalue weighted by molar-refractivity contribution is 0.0770. The summed E-state index contributed by atoms with van der Waals surface area (Å²) >= 11 is 0. The van der Waals surface area contributed by atoms with Crippen LogP contribution in [0.5, 0.6) is 17.2 Å². The number of carbonyl (C=O) groups is 2. The minimum atomic E-state index is -0.0331. The maximum Gasteiger partial charge on any atom is 0.257 e. The van der Waals surface area contributed by atoms with Crippen molar-refractivity contribution in [1.82, 2.24) is 9.80 Å². The van der Waals surface area contributed by atoms with Gasteiger partial charge in [0, 0.05) is 37.7 Å². The first-order valence-electron chi connectivity index (χ1n) is 15.9. The standard InChI is InChI=1S/C36H42N4O5/c1-6-24-13-26-18-37-30-16-32(23(4)12-28(30)35(41)39(26)20-24)44-10-8-22(3)9-11-45-34-17-31-29(15-33(34)43-5)36(42)40-21-25(7-2)14-27(40)19-38-31/h6-7,12,15-19,22,26-27H,8-11,13-14,20-21H2,1-5H3/b24-6+,25-7+. The lowest BCUT2D eigenvalue weighted by atomic mass is 10.0. The predicted octanol–water partition coefficient (Wildman–Crippen LogP) is 6.63. The third-order valence-electron chi connectivity index (χ3n) is 9.37. The third kappa shape index (κ3) is 6.13. The summed E-state index contributed by atoms with van der Waals surface area (Å²) in [6.07, 6.45) is 11.3. The van der Waals surface area contributed by atoms with E-state index in [9.17, 15) is 9.59 Å². The highest BCUT2D eigenvalue weighted by molar-refractivity contribution is 6.04. The monoisotopic (exact) mass is 610 g/mol. The van der Waals surface area contributed by atoms with Crippen molar-refractivity contribution in [3.05, 3.63) is 64.3 Å². The smallest absolute Gasteiger partial charge is 0.257 e. The Kier molecular flexibility index (Phi) is 8.79. The first kappa shape index (κ1) is 30.6. The van der Waals surface area contributed by atoms with Crippen LogP contribution in [0.15, 0.2) is 57.5 Å². The summed E-state index contributed by atoms with van der Waals surface area (Å²) < 4.78 is 17.9. The fraction of sp³-hybridized carbons (Fsp3) is 0.444. The fourth-order valence-electron chi connectivity index (χ4n) is 6.43. The summed E-state index contributed by atoms with van der Waals surface area (Å²) in [7, 11) is 1.59. The number of fused-ring (bicyclic) bond motifs is 4. The third-order valence-corrected chi connectivity index (χ3v) is 9.37. The van der Waals surface area contributed by atoms with Gasteiger partial charge in [0.05, 0.1) is 54.9 Å². The molecule has 9 nitrogen and oxygen atoms in total. The van der Waals surface area contributed by atoms with Gasteiger partial charge in [-0.05, 0) is 70.1 Å². The van der Waals surface area contributed by atoms with Gasteiger partial charge in [-0.1, -0.05) is 30.2 Å². The van der Waals surface area contributed by atoms with Crippen molar-refractivity contribution in [2.45, 2.75) is 65.5 Å². The summed E-state index contributed by atoms with van der Waals surface area (Å²) in [6, 6.07) is 7.35. The quantitative estimate of drug-likeness (QED) is 0.297. The van der Waals surface area contributed by atoms with E-state index in [-0.39, 0.29) is 23.9 Å². The van der Waals surface area contributed by atoms with E-state index in [1.54, 1.807) is 13.2 Å². The first-order valence-corrected chi connectivity index (χ1v) is 15.9. The Morgan fingerprint density at radius 2 is 1.31 bits per heavy atom. The van der Waals surface area contributed by atoms with Crippen molar-refractivity contribution in [2.75, 3.05) is 33.4 Å². The zero-order chi connectivity index (χ0) is 31.7. The van der Waals surface area contributed by atoms with Gasteiger partial charge >= 0.3 is 0 Å². The number of nitrogens with zero attached hydrogens (tertiary/aromatic N) is 4. The summed E-state index contributed by atoms with van der Waals surface area (Å²) in [5.41, 5.74) is 5.89. The van der Waals surface area contributed by atoms with Gasteiger partial charge in [0.25, 0.3) is 11.8 Å². The van der Waals surface area contributed by atoms with Crippen LogP contribution in [0.1, 0.15) is 72.7 Å². The van der Waals surface area contributed by atoms with E-state index in [0.717, 1.165) is 37.0 Å². The molecule has 2 aromatic carbocycles. The summed E-state index contributed by atoms with van der Waals surface area (Å²) in [5.74, 6) is 2.21. The Labute approximate surface area is 265 Å². The number of rotatable bonds is 9. The maximum atomic E-state index is 13.3. The van der Waals surface area contributed by atoms with Crippen molar-refractivity contribution in [2.24, 2.45) is 15.9 Å². The van der Waals surface area contributed by atoms with Crippen LogP contribution < -0.4 is 14.2 Å². The number of ether oxygens (including phenoxy) is 3. The number of amides is 2. The lowest BCUT2D eigenvalue weighted by Crippen LogP contribution is -2.35. The van der Waals surface area contributed by atoms with Gasteiger partial charge in [-0.2, -0.15) is 0 Å². The second-order valence-corrected chi connectivity index (χ2v) is 12.4. The zero-order valence-corrected chi connectivity index (χ0v) is 26.8. The molecule has 0 N–H and O–H groups in total. The minimum absolute atomic E-state index is 0.00859. The molecule has 0 aliphatic carbocycles. The van der Waals surface area contributed by atoms with Gasteiger partial charge in [0.1, 0.15) is 5.75 Å². The van der Waals surface area contributed by atoms with Gasteiger partial charge in [0.15, 0.2) is 11.5 Å². The van der Waals surface area contributed by atoms with E-state index in [1.807, 2.05) is 61.2 Å². The molecule has 3 atom stereocenters. The first-order chi connectivity index (χ1) is 21.8. The fourth-order valence-corrected chi connectivity index (χ4v) is 6.43. The Hall–Kier alpha value is -4.40. The largest absolute Gasteiger partial charge is 0.493 e. The molecule has 3 unspecified atom stereocenters. The van der Waals surface area contributed by atoms with Crippen LogP contribution in [0, 0.1) is 12.8 Å². The highest BCUT2D eigenvalue weighted by atomic mass is 16.5. The van der Waals surface area contributed by atoms with E-state index in [0.29, 0.717) is 66.2 Å². The van der Waals surface area contributed by atoms with Gasteiger partial charge < -0.3 is 24.0 Å². The molecule has 6 rings (SSSR count). The predicted molar refractivity (Wildman–Crippen MR) is 176 cm³/mol. The molecule has 2 fully saturated rings. The SMILES string of the molecule is C/C=C1\CC2C=Nc3cc(OCCC(C)CCOc4cc5c(cc4OC)C(=O)N4C/C(=C/C)CC4C=N5)c(C)cc3C(=O)N2C1. The molecule has 4 aliphatic rings. The van der Waals surface area contributed by atoms with Crippen molar-refractivity contribution in [3.8, 4) is 17.2 Å². The normalized spacial score (nSPS) is 22.6. The molecule has 45 heavy (non-hydrogen) atoms. The molecule has 2 amide bonds. The second kappa shape index (κ2) is 12.9. The highest BCUT2D eigenvalue weighted by Gasteiger charge is 2.35. The van der Waals surface area contributed by atoms with Crippen LogP contribution in [0.25, 0.3) is 0 Å². The van der Waals surface area contributed by atoms with Gasteiger partial charge in [-0.3, -0.25) is 19.6 Å².